The van der Waals surface area contributed by atoms with Gasteiger partial charge in [0.15, 0.2) is 0 Å². The molecule has 1 amide bonds. The van der Waals surface area contributed by atoms with E-state index in [1.54, 1.807) is 11.8 Å². The van der Waals surface area contributed by atoms with Crippen molar-refractivity contribution in [3.63, 3.8) is 0 Å². The molecule has 0 unspecified atom stereocenters. The number of rotatable bonds is 5. The Balaban J connectivity index is 2.21. The van der Waals surface area contributed by atoms with Crippen LogP contribution in [0.1, 0.15) is 22.8 Å². The fraction of sp³-hybridized carbons (Fsp3) is 0.150. The molecule has 1 aromatic heterocycles. The van der Waals surface area contributed by atoms with Crippen LogP contribution in [0.5, 0.6) is 0 Å². The summed E-state index contributed by atoms with van der Waals surface area (Å²) in [5.74, 6) is -0.395. The third kappa shape index (κ3) is 2.97. The van der Waals surface area contributed by atoms with Gasteiger partial charge in [0.2, 0.25) is 0 Å². The van der Waals surface area contributed by atoms with Crippen LogP contribution in [0.2, 0.25) is 0 Å². The Kier molecular flexibility index (Phi) is 4.76. The number of hydrogen-bond acceptors (Lipinski definition) is 2. The zero-order chi connectivity index (χ0) is 17.1. The first-order valence-electron chi connectivity index (χ1n) is 7.90. The maximum absolute atomic E-state index is 12.1. The van der Waals surface area contributed by atoms with Crippen LogP contribution in [0.4, 0.5) is 0 Å². The fourth-order valence-corrected chi connectivity index (χ4v) is 3.40. The number of aromatic nitrogens is 1. The monoisotopic (exact) mass is 336 g/mol. The van der Waals surface area contributed by atoms with Crippen LogP contribution < -0.4 is 5.73 Å². The molecule has 0 bridgehead atoms. The van der Waals surface area contributed by atoms with Crippen LogP contribution in [-0.2, 0) is 6.42 Å². The fourth-order valence-electron chi connectivity index (χ4n) is 2.99. The number of carbonyl (C=O) groups is 1. The van der Waals surface area contributed by atoms with Crippen molar-refractivity contribution in [1.82, 2.24) is 4.98 Å². The molecule has 2 aromatic carbocycles. The van der Waals surface area contributed by atoms with Gasteiger partial charge in [-0.3, -0.25) is 4.79 Å². The minimum absolute atomic E-state index is 0.395. The van der Waals surface area contributed by atoms with Gasteiger partial charge in [-0.15, -0.1) is 11.8 Å². The molecule has 3 nitrogen and oxygen atoms in total. The number of primary amides is 1. The van der Waals surface area contributed by atoms with Gasteiger partial charge in [-0.1, -0.05) is 49.4 Å². The maximum Gasteiger partial charge on any atom is 0.251 e. The van der Waals surface area contributed by atoms with Crippen LogP contribution in [0.3, 0.4) is 0 Å². The van der Waals surface area contributed by atoms with Crippen LogP contribution in [0.15, 0.2) is 59.5 Å². The molecular formula is C20H20N2OS. The molecule has 0 aliphatic carbocycles. The summed E-state index contributed by atoms with van der Waals surface area (Å²) in [6.45, 7) is 2.05. The lowest BCUT2D eigenvalue weighted by Crippen LogP contribution is -2.13. The summed E-state index contributed by atoms with van der Waals surface area (Å²) in [5, 5.41) is 0. The summed E-state index contributed by atoms with van der Waals surface area (Å²) < 4.78 is 0. The average molecular weight is 336 g/mol. The molecule has 1 heterocycles. The number of carbonyl (C=O) groups excluding carboxylic acids is 1. The van der Waals surface area contributed by atoms with Gasteiger partial charge in [-0.2, -0.15) is 0 Å². The van der Waals surface area contributed by atoms with E-state index >= 15 is 0 Å². The normalized spacial score (nSPS) is 10.8. The SMILES string of the molecule is CCc1c(-c2ccc(SC)cc2)[nH]c(-c2ccccc2)c1C(N)=O. The first kappa shape index (κ1) is 16.4. The molecule has 24 heavy (non-hydrogen) atoms. The van der Waals surface area contributed by atoms with Gasteiger partial charge >= 0.3 is 0 Å². The largest absolute Gasteiger partial charge is 0.366 e. The van der Waals surface area contributed by atoms with Gasteiger partial charge in [0, 0.05) is 10.6 Å². The lowest BCUT2D eigenvalue weighted by Gasteiger charge is -2.04. The van der Waals surface area contributed by atoms with Crippen molar-refractivity contribution in [3.05, 3.63) is 65.7 Å². The zero-order valence-corrected chi connectivity index (χ0v) is 14.6. The average Bonchev–Trinajstić information content (AvgIpc) is 3.02. The van der Waals surface area contributed by atoms with Crippen LogP contribution >= 0.6 is 11.8 Å². The van der Waals surface area contributed by atoms with E-state index in [0.717, 1.165) is 34.5 Å². The number of H-pyrrole nitrogens is 1. The first-order valence-corrected chi connectivity index (χ1v) is 9.12. The molecule has 0 atom stereocenters. The molecule has 0 radical (unpaired) electrons. The Morgan fingerprint density at radius 2 is 1.62 bits per heavy atom. The molecule has 0 aliphatic heterocycles. The Hall–Kier alpha value is -2.46. The summed E-state index contributed by atoms with van der Waals surface area (Å²) in [7, 11) is 0. The lowest BCUT2D eigenvalue weighted by molar-refractivity contribution is 0.100. The number of nitrogens with one attached hydrogen (secondary N) is 1. The third-order valence-corrected chi connectivity index (χ3v) is 4.89. The van der Waals surface area contributed by atoms with Crippen LogP contribution in [-0.4, -0.2) is 17.1 Å². The van der Waals surface area contributed by atoms with E-state index in [-0.39, 0.29) is 0 Å². The third-order valence-electron chi connectivity index (χ3n) is 4.14. The number of hydrogen-bond donors (Lipinski definition) is 2. The van der Waals surface area contributed by atoms with Crippen molar-refractivity contribution in [2.45, 2.75) is 18.2 Å². The van der Waals surface area contributed by atoms with Gasteiger partial charge < -0.3 is 10.7 Å². The molecule has 3 rings (SSSR count). The Labute approximate surface area is 146 Å². The topological polar surface area (TPSA) is 58.9 Å². The van der Waals surface area contributed by atoms with Gasteiger partial charge in [0.25, 0.3) is 5.91 Å². The van der Waals surface area contributed by atoms with E-state index in [1.807, 2.05) is 37.3 Å². The van der Waals surface area contributed by atoms with Gasteiger partial charge in [-0.05, 0) is 41.5 Å². The van der Waals surface area contributed by atoms with E-state index in [4.69, 9.17) is 5.73 Å². The van der Waals surface area contributed by atoms with E-state index in [2.05, 4.69) is 35.5 Å². The highest BCUT2D eigenvalue weighted by atomic mass is 32.2. The van der Waals surface area contributed by atoms with Crippen LogP contribution in [0, 0.1) is 0 Å². The van der Waals surface area contributed by atoms with Gasteiger partial charge in [0.05, 0.1) is 11.3 Å². The van der Waals surface area contributed by atoms with Crippen molar-refractivity contribution < 1.29 is 4.79 Å². The van der Waals surface area contributed by atoms with E-state index in [0.29, 0.717) is 5.56 Å². The highest BCUT2D eigenvalue weighted by Gasteiger charge is 2.22. The smallest absolute Gasteiger partial charge is 0.251 e. The minimum atomic E-state index is -0.395. The second-order valence-electron chi connectivity index (χ2n) is 5.54. The molecule has 0 saturated carbocycles. The Bertz CT molecular complexity index is 851. The second kappa shape index (κ2) is 6.97. The quantitative estimate of drug-likeness (QED) is 0.662. The molecule has 0 spiro atoms. The van der Waals surface area contributed by atoms with E-state index in [1.165, 1.54) is 4.90 Å². The number of nitrogens with two attached hydrogens (primary N) is 1. The number of amides is 1. The maximum atomic E-state index is 12.1. The summed E-state index contributed by atoms with van der Waals surface area (Å²) >= 11 is 1.71. The molecule has 122 valence electrons. The van der Waals surface area contributed by atoms with Crippen LogP contribution in [0.25, 0.3) is 22.5 Å². The predicted octanol–water partition coefficient (Wildman–Crippen LogP) is 4.73. The Morgan fingerprint density at radius 1 is 1.00 bits per heavy atom. The highest BCUT2D eigenvalue weighted by Crippen LogP contribution is 2.34. The summed E-state index contributed by atoms with van der Waals surface area (Å²) in [6, 6.07) is 18.2. The number of aromatic amines is 1. The number of benzene rings is 2. The minimum Gasteiger partial charge on any atom is -0.366 e. The van der Waals surface area contributed by atoms with Crippen molar-refractivity contribution in [2.24, 2.45) is 5.73 Å². The molecule has 0 fully saturated rings. The second-order valence-corrected chi connectivity index (χ2v) is 6.42. The summed E-state index contributed by atoms with van der Waals surface area (Å²) in [4.78, 5) is 16.8. The lowest BCUT2D eigenvalue weighted by atomic mass is 9.99. The molecule has 3 N–H and O–H groups in total. The first-order chi connectivity index (χ1) is 11.7. The van der Waals surface area contributed by atoms with Crippen molar-refractivity contribution in [1.29, 1.82) is 0 Å². The Morgan fingerprint density at radius 3 is 2.17 bits per heavy atom. The molecular weight excluding hydrogens is 316 g/mol. The van der Waals surface area contributed by atoms with E-state index < -0.39 is 5.91 Å². The molecule has 4 heteroatoms. The van der Waals surface area contributed by atoms with E-state index in [9.17, 15) is 4.79 Å². The highest BCUT2D eigenvalue weighted by molar-refractivity contribution is 7.98. The number of thioether (sulfide) groups is 1. The zero-order valence-electron chi connectivity index (χ0n) is 13.8. The summed E-state index contributed by atoms with van der Waals surface area (Å²) in [5.41, 5.74) is 11.1. The molecule has 0 saturated heterocycles. The molecule has 0 aliphatic rings. The van der Waals surface area contributed by atoms with Crippen molar-refractivity contribution >= 4 is 17.7 Å². The summed E-state index contributed by atoms with van der Waals surface area (Å²) in [6.07, 6.45) is 2.79. The van der Waals surface area contributed by atoms with Gasteiger partial charge in [-0.25, -0.2) is 0 Å². The standard InChI is InChI=1S/C20H20N2OS/c1-3-16-17(20(21)23)19(13-7-5-4-6-8-13)22-18(16)14-9-11-15(24-2)12-10-14/h4-12,22H,3H2,1-2H3,(H2,21,23). The van der Waals surface area contributed by atoms with Crippen molar-refractivity contribution in [3.8, 4) is 22.5 Å². The van der Waals surface area contributed by atoms with Crippen molar-refractivity contribution in [2.75, 3.05) is 6.26 Å². The predicted molar refractivity (Wildman–Crippen MR) is 101 cm³/mol. The van der Waals surface area contributed by atoms with Gasteiger partial charge in [0.1, 0.15) is 0 Å². The molecule has 3 aromatic rings.